The summed E-state index contributed by atoms with van der Waals surface area (Å²) in [4.78, 5) is 17.1. The number of thiazole rings is 1. The van der Waals surface area contributed by atoms with Gasteiger partial charge in [-0.15, -0.1) is 22.7 Å². The van der Waals surface area contributed by atoms with Crippen molar-refractivity contribution in [1.82, 2.24) is 4.98 Å². The van der Waals surface area contributed by atoms with E-state index in [4.69, 9.17) is 9.47 Å². The molecule has 4 rings (SSSR count). The molecule has 1 aliphatic rings. The van der Waals surface area contributed by atoms with E-state index >= 15 is 0 Å². The lowest BCUT2D eigenvalue weighted by Gasteiger charge is -2.15. The van der Waals surface area contributed by atoms with Gasteiger partial charge in [-0.3, -0.25) is 4.79 Å². The Labute approximate surface area is 128 Å². The van der Waals surface area contributed by atoms with Gasteiger partial charge in [0.05, 0.1) is 15.7 Å². The second-order valence-electron chi connectivity index (χ2n) is 4.44. The number of benzene rings is 1. The van der Waals surface area contributed by atoms with Gasteiger partial charge in [0.25, 0.3) is 5.91 Å². The third-order valence-corrected chi connectivity index (χ3v) is 4.84. The number of nitrogens with one attached hydrogen (secondary N) is 1. The van der Waals surface area contributed by atoms with Crippen LogP contribution in [0.2, 0.25) is 0 Å². The number of amides is 1. The summed E-state index contributed by atoms with van der Waals surface area (Å²) >= 11 is 2.90. The summed E-state index contributed by atoms with van der Waals surface area (Å²) in [6.07, 6.45) is 0. The first kappa shape index (κ1) is 12.6. The quantitative estimate of drug-likeness (QED) is 0.787. The third-order valence-electron chi connectivity index (χ3n) is 3.10. The molecule has 1 aliphatic heterocycles. The minimum Gasteiger partial charge on any atom is -0.485 e. The van der Waals surface area contributed by atoms with Crippen molar-refractivity contribution < 1.29 is 14.3 Å². The van der Waals surface area contributed by atoms with Gasteiger partial charge >= 0.3 is 0 Å². The van der Waals surface area contributed by atoms with E-state index in [9.17, 15) is 4.79 Å². The molecule has 0 atom stereocenters. The minimum absolute atomic E-state index is 0.193. The summed E-state index contributed by atoms with van der Waals surface area (Å²) < 4.78 is 12.1. The minimum atomic E-state index is -0.193. The van der Waals surface area contributed by atoms with E-state index in [-0.39, 0.29) is 5.91 Å². The van der Waals surface area contributed by atoms with Crippen molar-refractivity contribution in [3.05, 3.63) is 34.0 Å². The molecule has 0 aliphatic carbocycles. The zero-order valence-corrected chi connectivity index (χ0v) is 12.4. The van der Waals surface area contributed by atoms with Crippen molar-refractivity contribution in [1.29, 1.82) is 0 Å². The highest BCUT2D eigenvalue weighted by Crippen LogP contribution is 2.39. The summed E-state index contributed by atoms with van der Waals surface area (Å²) in [7, 11) is 0. The number of thiophene rings is 1. The largest absolute Gasteiger partial charge is 0.485 e. The van der Waals surface area contributed by atoms with E-state index in [2.05, 4.69) is 10.3 Å². The van der Waals surface area contributed by atoms with Gasteiger partial charge in [-0.25, -0.2) is 4.98 Å². The van der Waals surface area contributed by atoms with E-state index in [1.165, 1.54) is 11.3 Å². The van der Waals surface area contributed by atoms with Crippen molar-refractivity contribution in [2.75, 3.05) is 18.5 Å². The maximum Gasteiger partial charge on any atom is 0.269 e. The van der Waals surface area contributed by atoms with Gasteiger partial charge in [0, 0.05) is 11.1 Å². The van der Waals surface area contributed by atoms with Crippen LogP contribution in [0.25, 0.3) is 10.2 Å². The standard InChI is InChI=1S/C14H10N2O3S2/c17-14(13-12-10(6-20-13)18-3-4-19-12)16-8-1-2-11-9(5-8)15-7-21-11/h1-2,5-7H,3-4H2,(H,16,17). The summed E-state index contributed by atoms with van der Waals surface area (Å²) in [5, 5.41) is 4.68. The summed E-state index contributed by atoms with van der Waals surface area (Å²) in [5.74, 6) is 0.992. The molecule has 0 fully saturated rings. The maximum atomic E-state index is 12.4. The molecule has 3 heterocycles. The monoisotopic (exact) mass is 318 g/mol. The molecule has 0 radical (unpaired) electrons. The van der Waals surface area contributed by atoms with Crippen LogP contribution in [-0.4, -0.2) is 24.1 Å². The summed E-state index contributed by atoms with van der Waals surface area (Å²) in [5.41, 5.74) is 3.39. The third kappa shape index (κ3) is 2.24. The highest BCUT2D eigenvalue weighted by atomic mass is 32.1. The van der Waals surface area contributed by atoms with Crippen LogP contribution in [0.4, 0.5) is 5.69 Å². The second-order valence-corrected chi connectivity index (χ2v) is 6.21. The number of anilines is 1. The Hall–Kier alpha value is -2.12. The van der Waals surface area contributed by atoms with E-state index in [0.29, 0.717) is 29.6 Å². The van der Waals surface area contributed by atoms with Crippen molar-refractivity contribution in [2.45, 2.75) is 0 Å². The molecule has 1 aromatic carbocycles. The molecule has 106 valence electrons. The fraction of sp³-hybridized carbons (Fsp3) is 0.143. The number of hydrogen-bond donors (Lipinski definition) is 1. The number of rotatable bonds is 2. The number of nitrogens with zero attached hydrogens (tertiary/aromatic N) is 1. The molecule has 0 unspecified atom stereocenters. The average molecular weight is 318 g/mol. The lowest BCUT2D eigenvalue weighted by Crippen LogP contribution is -2.17. The van der Waals surface area contributed by atoms with Crippen LogP contribution in [0.1, 0.15) is 9.67 Å². The van der Waals surface area contributed by atoms with E-state index < -0.39 is 0 Å². The highest BCUT2D eigenvalue weighted by molar-refractivity contribution is 7.16. The molecule has 1 amide bonds. The van der Waals surface area contributed by atoms with Crippen LogP contribution in [-0.2, 0) is 0 Å². The van der Waals surface area contributed by atoms with E-state index in [1.54, 1.807) is 22.2 Å². The number of hydrogen-bond acceptors (Lipinski definition) is 6. The molecular formula is C14H10N2O3S2. The van der Waals surface area contributed by atoms with Gasteiger partial charge in [-0.05, 0) is 18.2 Å². The van der Waals surface area contributed by atoms with Crippen LogP contribution in [0.15, 0.2) is 29.1 Å². The fourth-order valence-corrected chi connectivity index (χ4v) is 3.63. The van der Waals surface area contributed by atoms with Crippen molar-refractivity contribution in [3.8, 4) is 11.5 Å². The van der Waals surface area contributed by atoms with Gasteiger partial charge in [0.15, 0.2) is 11.5 Å². The Morgan fingerprint density at radius 3 is 3.10 bits per heavy atom. The van der Waals surface area contributed by atoms with Gasteiger partial charge in [0.2, 0.25) is 0 Å². The van der Waals surface area contributed by atoms with Crippen LogP contribution in [0.5, 0.6) is 11.5 Å². The molecule has 0 saturated carbocycles. The van der Waals surface area contributed by atoms with Crippen LogP contribution in [0.3, 0.4) is 0 Å². The molecule has 3 aromatic rings. The Morgan fingerprint density at radius 2 is 2.14 bits per heavy atom. The number of ether oxygens (including phenoxy) is 2. The summed E-state index contributed by atoms with van der Waals surface area (Å²) in [6.45, 7) is 0.986. The van der Waals surface area contributed by atoms with E-state index in [1.807, 2.05) is 18.2 Å². The molecular weight excluding hydrogens is 308 g/mol. The van der Waals surface area contributed by atoms with Gasteiger partial charge in [-0.2, -0.15) is 0 Å². The SMILES string of the molecule is O=C(Nc1ccc2scnc2c1)c1scc2c1OCCO2. The van der Waals surface area contributed by atoms with Crippen molar-refractivity contribution in [2.24, 2.45) is 0 Å². The molecule has 1 N–H and O–H groups in total. The lowest BCUT2D eigenvalue weighted by atomic mass is 10.3. The molecule has 0 bridgehead atoms. The van der Waals surface area contributed by atoms with Crippen molar-refractivity contribution >= 4 is 44.5 Å². The molecule has 7 heteroatoms. The zero-order valence-electron chi connectivity index (χ0n) is 10.8. The van der Waals surface area contributed by atoms with Crippen LogP contribution >= 0.6 is 22.7 Å². The molecule has 0 saturated heterocycles. The first-order chi connectivity index (χ1) is 10.3. The Bertz CT molecular complexity index is 825. The van der Waals surface area contributed by atoms with Crippen LogP contribution < -0.4 is 14.8 Å². The number of carbonyl (C=O) groups is 1. The lowest BCUT2D eigenvalue weighted by molar-refractivity contribution is 0.102. The first-order valence-corrected chi connectivity index (χ1v) is 8.09. The summed E-state index contributed by atoms with van der Waals surface area (Å²) in [6, 6.07) is 5.68. The Kier molecular flexibility index (Phi) is 3.01. The predicted molar refractivity (Wildman–Crippen MR) is 82.9 cm³/mol. The van der Waals surface area contributed by atoms with Crippen molar-refractivity contribution in [3.63, 3.8) is 0 Å². The maximum absolute atomic E-state index is 12.4. The Morgan fingerprint density at radius 1 is 1.24 bits per heavy atom. The topological polar surface area (TPSA) is 60.5 Å². The van der Waals surface area contributed by atoms with Gasteiger partial charge < -0.3 is 14.8 Å². The number of aromatic nitrogens is 1. The smallest absolute Gasteiger partial charge is 0.269 e. The Balaban J connectivity index is 1.61. The van der Waals surface area contributed by atoms with Gasteiger partial charge in [0.1, 0.15) is 18.1 Å². The number of fused-ring (bicyclic) bond motifs is 2. The normalized spacial score (nSPS) is 13.3. The highest BCUT2D eigenvalue weighted by Gasteiger charge is 2.23. The average Bonchev–Trinajstić information content (AvgIpc) is 3.13. The zero-order chi connectivity index (χ0) is 14.2. The van der Waals surface area contributed by atoms with E-state index in [0.717, 1.165) is 15.9 Å². The number of carbonyl (C=O) groups excluding carboxylic acids is 1. The molecule has 21 heavy (non-hydrogen) atoms. The second kappa shape index (κ2) is 5.01. The van der Waals surface area contributed by atoms with Crippen LogP contribution in [0, 0.1) is 0 Å². The first-order valence-electron chi connectivity index (χ1n) is 6.33. The molecule has 2 aromatic heterocycles. The fourth-order valence-electron chi connectivity index (χ4n) is 2.14. The van der Waals surface area contributed by atoms with Gasteiger partial charge in [-0.1, -0.05) is 0 Å². The predicted octanol–water partition coefficient (Wildman–Crippen LogP) is 3.38. The molecule has 5 nitrogen and oxygen atoms in total. The molecule has 0 spiro atoms.